The van der Waals surface area contributed by atoms with Gasteiger partial charge in [-0.2, -0.15) is 26.3 Å². The van der Waals surface area contributed by atoms with Crippen LogP contribution in [0, 0.1) is 0 Å². The SMILES string of the molecule is COC(CC(F)(F)F)(NC(C)=O)c1ccc(C(F)(F)F)cc1. The number of benzene rings is 1. The smallest absolute Gasteiger partial charge is 0.354 e. The van der Waals surface area contributed by atoms with Crippen LogP contribution >= 0.6 is 0 Å². The van der Waals surface area contributed by atoms with Gasteiger partial charge in [-0.15, -0.1) is 0 Å². The number of hydrogen-bond donors (Lipinski definition) is 1. The van der Waals surface area contributed by atoms with Crippen LogP contribution in [0.5, 0.6) is 0 Å². The summed E-state index contributed by atoms with van der Waals surface area (Å²) in [7, 11) is 0.930. The molecule has 9 heteroatoms. The van der Waals surface area contributed by atoms with Crippen molar-refractivity contribution in [3.8, 4) is 0 Å². The minimum Gasteiger partial charge on any atom is -0.354 e. The maximum atomic E-state index is 12.7. The molecule has 0 heterocycles. The monoisotopic (exact) mass is 329 g/mol. The van der Waals surface area contributed by atoms with Gasteiger partial charge < -0.3 is 10.1 Å². The maximum Gasteiger partial charge on any atom is 0.416 e. The van der Waals surface area contributed by atoms with Crippen molar-refractivity contribution in [3.63, 3.8) is 0 Å². The number of alkyl halides is 6. The third-order valence-electron chi connectivity index (χ3n) is 2.85. The normalized spacial score (nSPS) is 15.3. The van der Waals surface area contributed by atoms with Crippen LogP contribution in [0.2, 0.25) is 0 Å². The topological polar surface area (TPSA) is 38.3 Å². The summed E-state index contributed by atoms with van der Waals surface area (Å²) in [6.07, 6.45) is -10.9. The van der Waals surface area contributed by atoms with Gasteiger partial charge in [-0.05, 0) is 12.1 Å². The zero-order valence-corrected chi connectivity index (χ0v) is 11.6. The summed E-state index contributed by atoms with van der Waals surface area (Å²) in [5, 5.41) is 2.01. The number of methoxy groups -OCH3 is 1. The highest BCUT2D eigenvalue weighted by Gasteiger charge is 2.45. The molecule has 22 heavy (non-hydrogen) atoms. The second kappa shape index (κ2) is 6.15. The van der Waals surface area contributed by atoms with Gasteiger partial charge in [0.2, 0.25) is 5.91 Å². The van der Waals surface area contributed by atoms with Gasteiger partial charge >= 0.3 is 12.4 Å². The predicted molar refractivity (Wildman–Crippen MR) is 64.6 cm³/mol. The van der Waals surface area contributed by atoms with E-state index in [0.29, 0.717) is 12.1 Å². The van der Waals surface area contributed by atoms with Crippen LogP contribution in [0.1, 0.15) is 24.5 Å². The molecule has 1 atom stereocenters. The Kier molecular flexibility index (Phi) is 5.11. The van der Waals surface area contributed by atoms with Gasteiger partial charge in [0, 0.05) is 19.6 Å². The lowest BCUT2D eigenvalue weighted by atomic mass is 9.97. The van der Waals surface area contributed by atoms with E-state index in [0.717, 1.165) is 26.2 Å². The minimum atomic E-state index is -4.71. The van der Waals surface area contributed by atoms with Crippen LogP contribution in [0.15, 0.2) is 24.3 Å². The van der Waals surface area contributed by atoms with Crippen molar-refractivity contribution in [1.29, 1.82) is 0 Å². The van der Waals surface area contributed by atoms with Crippen LogP contribution < -0.4 is 5.32 Å². The molecule has 0 fully saturated rings. The second-order valence-electron chi connectivity index (χ2n) is 4.58. The zero-order valence-electron chi connectivity index (χ0n) is 11.6. The Morgan fingerprint density at radius 3 is 1.82 bits per heavy atom. The van der Waals surface area contributed by atoms with Crippen LogP contribution in [-0.2, 0) is 21.4 Å². The first-order chi connectivity index (χ1) is 9.89. The lowest BCUT2D eigenvalue weighted by Crippen LogP contribution is -2.49. The summed E-state index contributed by atoms with van der Waals surface area (Å²) in [6.45, 7) is 0.980. The number of rotatable bonds is 4. The van der Waals surface area contributed by atoms with E-state index in [4.69, 9.17) is 4.74 Å². The molecule has 1 amide bonds. The summed E-state index contributed by atoms with van der Waals surface area (Å²) in [4.78, 5) is 11.2. The molecule has 0 saturated carbocycles. The highest BCUT2D eigenvalue weighted by molar-refractivity contribution is 5.73. The largest absolute Gasteiger partial charge is 0.416 e. The predicted octanol–water partition coefficient (Wildman–Crippen LogP) is 3.59. The molecular weight excluding hydrogens is 316 g/mol. The van der Waals surface area contributed by atoms with Gasteiger partial charge in [0.05, 0.1) is 12.0 Å². The van der Waals surface area contributed by atoms with Crippen molar-refractivity contribution in [2.45, 2.75) is 31.4 Å². The van der Waals surface area contributed by atoms with Crippen molar-refractivity contribution in [2.24, 2.45) is 0 Å². The molecule has 3 nitrogen and oxygen atoms in total. The summed E-state index contributed by atoms with van der Waals surface area (Å²) in [5.41, 5.74) is -3.54. The number of nitrogens with one attached hydrogen (secondary N) is 1. The van der Waals surface area contributed by atoms with Crippen molar-refractivity contribution >= 4 is 5.91 Å². The van der Waals surface area contributed by atoms with E-state index in [2.05, 4.69) is 0 Å². The fourth-order valence-electron chi connectivity index (χ4n) is 1.95. The molecule has 1 aromatic carbocycles. The van der Waals surface area contributed by atoms with Crippen molar-refractivity contribution < 1.29 is 35.9 Å². The van der Waals surface area contributed by atoms with Gasteiger partial charge in [-0.1, -0.05) is 12.1 Å². The molecule has 0 aromatic heterocycles. The van der Waals surface area contributed by atoms with Crippen molar-refractivity contribution in [2.75, 3.05) is 7.11 Å². The highest BCUT2D eigenvalue weighted by atomic mass is 19.4. The molecule has 124 valence electrons. The average molecular weight is 329 g/mol. The molecule has 0 aliphatic rings. The Morgan fingerprint density at radius 2 is 1.50 bits per heavy atom. The molecule has 1 unspecified atom stereocenters. The van der Waals surface area contributed by atoms with Gasteiger partial charge in [-0.25, -0.2) is 0 Å². The van der Waals surface area contributed by atoms with E-state index >= 15 is 0 Å². The summed E-state index contributed by atoms with van der Waals surface area (Å²) in [6, 6.07) is 2.94. The van der Waals surface area contributed by atoms with E-state index in [1.54, 1.807) is 0 Å². The number of halogens is 6. The third-order valence-corrected chi connectivity index (χ3v) is 2.85. The standard InChI is InChI=1S/C13H13F6NO2/c1-8(21)20-11(22-2,7-12(14,15)16)9-3-5-10(6-4-9)13(17,18)19/h3-6H,7H2,1-2H3,(H,20,21). The van der Waals surface area contributed by atoms with Gasteiger partial charge in [0.25, 0.3) is 0 Å². The molecule has 0 aliphatic heterocycles. The number of hydrogen-bond acceptors (Lipinski definition) is 2. The first kappa shape index (κ1) is 18.3. The van der Waals surface area contributed by atoms with Crippen LogP contribution in [0.25, 0.3) is 0 Å². The molecular formula is C13H13F6NO2. The lowest BCUT2D eigenvalue weighted by Gasteiger charge is -2.34. The minimum absolute atomic E-state index is 0.240. The number of amides is 1. The van der Waals surface area contributed by atoms with E-state index in [1.807, 2.05) is 5.32 Å². The molecule has 0 aliphatic carbocycles. The van der Waals surface area contributed by atoms with Crippen LogP contribution in [0.3, 0.4) is 0 Å². The van der Waals surface area contributed by atoms with E-state index in [9.17, 15) is 31.1 Å². The molecule has 1 N–H and O–H groups in total. The van der Waals surface area contributed by atoms with Gasteiger partial charge in [0.1, 0.15) is 0 Å². The molecule has 0 bridgehead atoms. The fourth-order valence-corrected chi connectivity index (χ4v) is 1.95. The molecule has 1 aromatic rings. The summed E-state index contributed by atoms with van der Waals surface area (Å²) >= 11 is 0. The Bertz CT molecular complexity index is 523. The maximum absolute atomic E-state index is 12.7. The average Bonchev–Trinajstić information content (AvgIpc) is 2.34. The Morgan fingerprint density at radius 1 is 1.05 bits per heavy atom. The zero-order chi connectivity index (χ0) is 17.2. The Hall–Kier alpha value is -1.77. The molecule has 0 spiro atoms. The highest BCUT2D eigenvalue weighted by Crippen LogP contribution is 2.37. The van der Waals surface area contributed by atoms with Gasteiger partial charge in [0.15, 0.2) is 5.72 Å². The van der Waals surface area contributed by atoms with E-state index < -0.39 is 36.0 Å². The summed E-state index contributed by atoms with van der Waals surface area (Å²) < 4.78 is 80.5. The van der Waals surface area contributed by atoms with E-state index in [1.165, 1.54) is 0 Å². The first-order valence-corrected chi connectivity index (χ1v) is 5.98. The summed E-state index contributed by atoms with van der Waals surface area (Å²) in [5.74, 6) is -0.814. The molecule has 0 radical (unpaired) electrons. The third kappa shape index (κ3) is 4.62. The first-order valence-electron chi connectivity index (χ1n) is 5.98. The van der Waals surface area contributed by atoms with Crippen molar-refractivity contribution in [1.82, 2.24) is 5.32 Å². The van der Waals surface area contributed by atoms with Crippen molar-refractivity contribution in [3.05, 3.63) is 35.4 Å². The quantitative estimate of drug-likeness (QED) is 0.677. The second-order valence-corrected chi connectivity index (χ2v) is 4.58. The van der Waals surface area contributed by atoms with Crippen LogP contribution in [0.4, 0.5) is 26.3 Å². The Labute approximate surface area is 122 Å². The van der Waals surface area contributed by atoms with E-state index in [-0.39, 0.29) is 5.56 Å². The molecule has 0 saturated heterocycles. The Balaban J connectivity index is 3.28. The van der Waals surface area contributed by atoms with Crippen LogP contribution in [-0.4, -0.2) is 19.2 Å². The lowest BCUT2D eigenvalue weighted by molar-refractivity contribution is -0.195. The number of carbonyl (C=O) groups excluding carboxylic acids is 1. The molecule has 1 rings (SSSR count). The number of ether oxygens (including phenoxy) is 1. The number of carbonyl (C=O) groups is 1. The fraction of sp³-hybridized carbons (Fsp3) is 0.462. The van der Waals surface area contributed by atoms with Gasteiger partial charge in [-0.3, -0.25) is 4.79 Å².